The highest BCUT2D eigenvalue weighted by atomic mass is 19.2. The number of rotatable bonds is 5. The fourth-order valence-corrected chi connectivity index (χ4v) is 1.08. The van der Waals surface area contributed by atoms with E-state index in [-0.39, 0.29) is 6.42 Å². The Morgan fingerprint density at radius 1 is 1.33 bits per heavy atom. The van der Waals surface area contributed by atoms with Gasteiger partial charge in [-0.1, -0.05) is 6.07 Å². The van der Waals surface area contributed by atoms with Crippen molar-refractivity contribution >= 4 is 5.97 Å². The smallest absolute Gasteiger partial charge is 0.304 e. The molecular formula is C10H11F2NO2. The van der Waals surface area contributed by atoms with Gasteiger partial charge in [0.15, 0.2) is 11.6 Å². The van der Waals surface area contributed by atoms with Gasteiger partial charge in [-0.3, -0.25) is 4.79 Å². The van der Waals surface area contributed by atoms with E-state index in [0.717, 1.165) is 12.1 Å². The molecular weight excluding hydrogens is 204 g/mol. The van der Waals surface area contributed by atoms with Crippen LogP contribution < -0.4 is 5.32 Å². The highest BCUT2D eigenvalue weighted by molar-refractivity contribution is 5.66. The van der Waals surface area contributed by atoms with Gasteiger partial charge in [0.2, 0.25) is 0 Å². The molecule has 1 rings (SSSR count). The van der Waals surface area contributed by atoms with Gasteiger partial charge in [0.25, 0.3) is 0 Å². The molecule has 0 aliphatic heterocycles. The zero-order valence-electron chi connectivity index (χ0n) is 7.96. The van der Waals surface area contributed by atoms with Gasteiger partial charge in [0.1, 0.15) is 0 Å². The van der Waals surface area contributed by atoms with Crippen molar-refractivity contribution in [1.82, 2.24) is 5.32 Å². The fourth-order valence-electron chi connectivity index (χ4n) is 1.08. The van der Waals surface area contributed by atoms with Gasteiger partial charge in [-0.05, 0) is 17.7 Å². The number of carboxylic acids is 1. The first-order valence-electron chi connectivity index (χ1n) is 4.46. The van der Waals surface area contributed by atoms with Crippen molar-refractivity contribution in [1.29, 1.82) is 0 Å². The van der Waals surface area contributed by atoms with Crippen LogP contribution in [-0.2, 0) is 11.3 Å². The molecule has 0 aromatic heterocycles. The van der Waals surface area contributed by atoms with Gasteiger partial charge in [0, 0.05) is 13.1 Å². The van der Waals surface area contributed by atoms with Crippen LogP contribution in [0.3, 0.4) is 0 Å². The van der Waals surface area contributed by atoms with E-state index >= 15 is 0 Å². The number of carbonyl (C=O) groups is 1. The molecule has 1 aromatic rings. The van der Waals surface area contributed by atoms with Crippen LogP contribution in [0, 0.1) is 11.6 Å². The largest absolute Gasteiger partial charge is 0.481 e. The van der Waals surface area contributed by atoms with Crippen LogP contribution in [0.25, 0.3) is 0 Å². The monoisotopic (exact) mass is 215 g/mol. The van der Waals surface area contributed by atoms with Crippen molar-refractivity contribution in [3.63, 3.8) is 0 Å². The maximum Gasteiger partial charge on any atom is 0.304 e. The van der Waals surface area contributed by atoms with Crippen molar-refractivity contribution in [3.05, 3.63) is 35.4 Å². The first-order chi connectivity index (χ1) is 7.09. The van der Waals surface area contributed by atoms with Crippen LogP contribution in [0.2, 0.25) is 0 Å². The van der Waals surface area contributed by atoms with Crippen molar-refractivity contribution in [3.8, 4) is 0 Å². The Morgan fingerprint density at radius 3 is 2.67 bits per heavy atom. The van der Waals surface area contributed by atoms with Gasteiger partial charge in [-0.2, -0.15) is 0 Å². The molecule has 0 heterocycles. The highest BCUT2D eigenvalue weighted by Crippen LogP contribution is 2.08. The summed E-state index contributed by atoms with van der Waals surface area (Å²) in [5, 5.41) is 11.2. The average Bonchev–Trinajstić information content (AvgIpc) is 2.18. The van der Waals surface area contributed by atoms with Crippen LogP contribution in [0.1, 0.15) is 12.0 Å². The second kappa shape index (κ2) is 5.41. The van der Waals surface area contributed by atoms with Crippen molar-refractivity contribution in [2.24, 2.45) is 0 Å². The first-order valence-corrected chi connectivity index (χ1v) is 4.46. The predicted molar refractivity (Wildman–Crippen MR) is 50.3 cm³/mol. The van der Waals surface area contributed by atoms with Crippen molar-refractivity contribution in [2.75, 3.05) is 6.54 Å². The molecule has 0 aliphatic carbocycles. The molecule has 0 radical (unpaired) electrons. The van der Waals surface area contributed by atoms with Crippen molar-refractivity contribution in [2.45, 2.75) is 13.0 Å². The summed E-state index contributed by atoms with van der Waals surface area (Å²) in [5.74, 6) is -2.68. The molecule has 0 unspecified atom stereocenters. The van der Waals surface area contributed by atoms with E-state index in [0.29, 0.717) is 18.7 Å². The normalized spacial score (nSPS) is 10.3. The van der Waals surface area contributed by atoms with E-state index in [4.69, 9.17) is 5.11 Å². The Hall–Kier alpha value is -1.49. The number of nitrogens with one attached hydrogen (secondary N) is 1. The van der Waals surface area contributed by atoms with E-state index in [2.05, 4.69) is 5.32 Å². The van der Waals surface area contributed by atoms with E-state index < -0.39 is 17.6 Å². The number of benzene rings is 1. The van der Waals surface area contributed by atoms with Gasteiger partial charge in [-0.15, -0.1) is 0 Å². The molecule has 0 aliphatic rings. The summed E-state index contributed by atoms with van der Waals surface area (Å²) < 4.78 is 25.2. The summed E-state index contributed by atoms with van der Waals surface area (Å²) in [5.41, 5.74) is 0.583. The summed E-state index contributed by atoms with van der Waals surface area (Å²) in [6.07, 6.45) is 0.00365. The highest BCUT2D eigenvalue weighted by Gasteiger charge is 2.02. The van der Waals surface area contributed by atoms with E-state index in [1.165, 1.54) is 6.07 Å². The number of carboxylic acid groups (broad SMARTS) is 1. The average molecular weight is 215 g/mol. The van der Waals surface area contributed by atoms with Gasteiger partial charge in [0.05, 0.1) is 6.42 Å². The Balaban J connectivity index is 2.38. The Bertz CT molecular complexity index is 355. The molecule has 3 nitrogen and oxygen atoms in total. The molecule has 0 spiro atoms. The first kappa shape index (κ1) is 11.6. The number of halogens is 2. The fraction of sp³-hybridized carbons (Fsp3) is 0.300. The standard InChI is InChI=1S/C10H11F2NO2/c11-8-2-1-7(5-9(8)12)6-13-4-3-10(14)15/h1-2,5,13H,3-4,6H2,(H,14,15). The molecule has 0 amide bonds. The molecule has 1 aromatic carbocycles. The molecule has 5 heteroatoms. The van der Waals surface area contributed by atoms with Crippen LogP contribution in [0.5, 0.6) is 0 Å². The lowest BCUT2D eigenvalue weighted by atomic mass is 10.2. The minimum Gasteiger partial charge on any atom is -0.481 e. The minimum atomic E-state index is -0.896. The van der Waals surface area contributed by atoms with Gasteiger partial charge in [-0.25, -0.2) is 8.78 Å². The number of aliphatic carboxylic acids is 1. The molecule has 0 bridgehead atoms. The van der Waals surface area contributed by atoms with Gasteiger partial charge < -0.3 is 10.4 Å². The zero-order chi connectivity index (χ0) is 11.3. The topological polar surface area (TPSA) is 49.3 Å². The van der Waals surface area contributed by atoms with Crippen LogP contribution in [-0.4, -0.2) is 17.6 Å². The van der Waals surface area contributed by atoms with E-state index in [1.807, 2.05) is 0 Å². The van der Waals surface area contributed by atoms with Crippen molar-refractivity contribution < 1.29 is 18.7 Å². The van der Waals surface area contributed by atoms with E-state index in [9.17, 15) is 13.6 Å². The van der Waals surface area contributed by atoms with E-state index in [1.54, 1.807) is 0 Å². The lowest BCUT2D eigenvalue weighted by Crippen LogP contribution is -2.17. The summed E-state index contributed by atoms with van der Waals surface area (Å²) in [4.78, 5) is 10.2. The quantitative estimate of drug-likeness (QED) is 0.732. The Morgan fingerprint density at radius 2 is 2.07 bits per heavy atom. The summed E-state index contributed by atoms with van der Waals surface area (Å²) >= 11 is 0. The summed E-state index contributed by atoms with van der Waals surface area (Å²) in [6, 6.07) is 3.58. The third-order valence-corrected chi connectivity index (χ3v) is 1.83. The minimum absolute atomic E-state index is 0.00365. The van der Waals surface area contributed by atoms with Gasteiger partial charge >= 0.3 is 5.97 Å². The molecule has 0 saturated heterocycles. The summed E-state index contributed by atoms with van der Waals surface area (Å²) in [7, 11) is 0. The molecule has 0 saturated carbocycles. The lowest BCUT2D eigenvalue weighted by Gasteiger charge is -2.03. The predicted octanol–water partition coefficient (Wildman–Crippen LogP) is 1.53. The van der Waals surface area contributed by atoms with Crippen LogP contribution in [0.15, 0.2) is 18.2 Å². The maximum absolute atomic E-state index is 12.7. The maximum atomic E-state index is 12.7. The Labute approximate surface area is 85.7 Å². The Kier molecular flexibility index (Phi) is 4.17. The molecule has 2 N–H and O–H groups in total. The van der Waals surface area contributed by atoms with Crippen LogP contribution >= 0.6 is 0 Å². The lowest BCUT2D eigenvalue weighted by molar-refractivity contribution is -0.136. The molecule has 15 heavy (non-hydrogen) atoms. The molecule has 0 atom stereocenters. The molecule has 82 valence electrons. The number of hydrogen-bond donors (Lipinski definition) is 2. The van der Waals surface area contributed by atoms with Crippen LogP contribution in [0.4, 0.5) is 8.78 Å². The third kappa shape index (κ3) is 4.03. The number of hydrogen-bond acceptors (Lipinski definition) is 2. The zero-order valence-corrected chi connectivity index (χ0v) is 7.96. The summed E-state index contributed by atoms with van der Waals surface area (Å²) in [6.45, 7) is 0.624. The second-order valence-electron chi connectivity index (χ2n) is 3.07. The second-order valence-corrected chi connectivity index (χ2v) is 3.07. The third-order valence-electron chi connectivity index (χ3n) is 1.83. The molecule has 0 fully saturated rings. The SMILES string of the molecule is O=C(O)CCNCc1ccc(F)c(F)c1.